The molecule has 0 aliphatic carbocycles. The Labute approximate surface area is 136 Å². The van der Waals surface area contributed by atoms with Crippen LogP contribution >= 0.6 is 0 Å². The van der Waals surface area contributed by atoms with Crippen molar-refractivity contribution in [1.82, 2.24) is 4.90 Å². The Bertz CT molecular complexity index is 447. The first-order valence-corrected chi connectivity index (χ1v) is 8.59. The summed E-state index contributed by atoms with van der Waals surface area (Å²) in [5.74, 6) is 0. The fourth-order valence-corrected chi connectivity index (χ4v) is 2.89. The van der Waals surface area contributed by atoms with Gasteiger partial charge in [0, 0.05) is 12.1 Å². The molecule has 1 aromatic carbocycles. The number of hydrogen-bond donors (Lipinski definition) is 1. The van der Waals surface area contributed by atoms with E-state index in [2.05, 4.69) is 31.7 Å². The Kier molecular flexibility index (Phi) is 8.81. The Hall–Kier alpha value is -1.37. The second kappa shape index (κ2) is 10.4. The van der Waals surface area contributed by atoms with Crippen molar-refractivity contribution >= 4 is 0 Å². The lowest BCUT2D eigenvalue weighted by atomic mass is 10.0. The molecule has 0 aliphatic heterocycles. The Morgan fingerprint density at radius 2 is 1.77 bits per heavy atom. The largest absolute Gasteiger partial charge is 0.327 e. The molecule has 3 heteroatoms. The number of rotatable bonds is 10. The Balaban J connectivity index is 2.45. The van der Waals surface area contributed by atoms with Gasteiger partial charge in [-0.05, 0) is 63.4 Å². The third kappa shape index (κ3) is 6.60. The van der Waals surface area contributed by atoms with Gasteiger partial charge in [-0.2, -0.15) is 5.26 Å². The van der Waals surface area contributed by atoms with E-state index in [0.717, 1.165) is 25.9 Å². The summed E-state index contributed by atoms with van der Waals surface area (Å²) in [6, 6.07) is 10.7. The fourth-order valence-electron chi connectivity index (χ4n) is 2.89. The van der Waals surface area contributed by atoms with Gasteiger partial charge < -0.3 is 10.6 Å². The minimum atomic E-state index is 0.182. The average Bonchev–Trinajstić information content (AvgIpc) is 2.52. The molecule has 0 heterocycles. The fraction of sp³-hybridized carbons (Fsp3) is 0.632. The van der Waals surface area contributed by atoms with Crippen LogP contribution in [0.2, 0.25) is 0 Å². The van der Waals surface area contributed by atoms with Crippen molar-refractivity contribution in [2.24, 2.45) is 5.73 Å². The number of nitriles is 1. The summed E-state index contributed by atoms with van der Waals surface area (Å²) in [5, 5.41) is 8.82. The number of nitrogens with zero attached hydrogens (tertiary/aromatic N) is 2. The summed E-state index contributed by atoms with van der Waals surface area (Å²) in [5.41, 5.74) is 8.23. The van der Waals surface area contributed by atoms with E-state index in [1.807, 2.05) is 24.3 Å². The molecule has 0 aliphatic rings. The van der Waals surface area contributed by atoms with Gasteiger partial charge in [-0.15, -0.1) is 0 Å². The molecule has 1 rings (SSSR count). The molecule has 0 saturated carbocycles. The van der Waals surface area contributed by atoms with Gasteiger partial charge in [-0.25, -0.2) is 0 Å². The van der Waals surface area contributed by atoms with Crippen LogP contribution in [0.25, 0.3) is 0 Å². The SMILES string of the molecule is CCC[C@@H](C)N(CCC)CC[C@H](N)Cc1ccc(C#N)cc1. The molecule has 0 fully saturated rings. The molecule has 0 saturated heterocycles. The van der Waals surface area contributed by atoms with Crippen LogP contribution in [0.5, 0.6) is 0 Å². The first kappa shape index (κ1) is 18.7. The molecule has 0 unspecified atom stereocenters. The highest BCUT2D eigenvalue weighted by atomic mass is 15.1. The highest BCUT2D eigenvalue weighted by Crippen LogP contribution is 2.11. The highest BCUT2D eigenvalue weighted by molar-refractivity contribution is 5.31. The minimum Gasteiger partial charge on any atom is -0.327 e. The van der Waals surface area contributed by atoms with Gasteiger partial charge in [0.05, 0.1) is 11.6 Å². The molecule has 0 spiro atoms. The van der Waals surface area contributed by atoms with Crippen molar-refractivity contribution in [3.8, 4) is 6.07 Å². The van der Waals surface area contributed by atoms with E-state index in [-0.39, 0.29) is 6.04 Å². The summed E-state index contributed by atoms with van der Waals surface area (Å²) in [6.45, 7) is 9.04. The number of nitrogens with two attached hydrogens (primary N) is 1. The third-order valence-electron chi connectivity index (χ3n) is 4.21. The standard InChI is InChI=1S/C19H31N3/c1-4-6-16(3)22(12-5-2)13-11-19(21)14-17-7-9-18(15-20)10-8-17/h7-10,16,19H,4-6,11-14,21H2,1-3H3/t16-,19+/m1/s1. The summed E-state index contributed by atoms with van der Waals surface area (Å²) in [4.78, 5) is 2.57. The van der Waals surface area contributed by atoms with E-state index in [1.54, 1.807) is 0 Å². The zero-order valence-corrected chi connectivity index (χ0v) is 14.4. The molecule has 0 aromatic heterocycles. The number of benzene rings is 1. The zero-order valence-electron chi connectivity index (χ0n) is 14.4. The van der Waals surface area contributed by atoms with Crippen LogP contribution in [0.1, 0.15) is 57.6 Å². The predicted octanol–water partition coefficient (Wildman–Crippen LogP) is 3.72. The van der Waals surface area contributed by atoms with Gasteiger partial charge in [-0.1, -0.05) is 32.4 Å². The van der Waals surface area contributed by atoms with Crippen LogP contribution in [-0.4, -0.2) is 30.1 Å². The highest BCUT2D eigenvalue weighted by Gasteiger charge is 2.14. The van der Waals surface area contributed by atoms with Gasteiger partial charge >= 0.3 is 0 Å². The van der Waals surface area contributed by atoms with Crippen LogP contribution in [-0.2, 0) is 6.42 Å². The van der Waals surface area contributed by atoms with E-state index < -0.39 is 0 Å². The van der Waals surface area contributed by atoms with E-state index >= 15 is 0 Å². The molecule has 22 heavy (non-hydrogen) atoms. The molecule has 2 N–H and O–H groups in total. The van der Waals surface area contributed by atoms with Gasteiger partial charge in [0.15, 0.2) is 0 Å². The van der Waals surface area contributed by atoms with E-state index in [9.17, 15) is 0 Å². The molecule has 0 radical (unpaired) electrons. The number of hydrogen-bond acceptors (Lipinski definition) is 3. The lowest BCUT2D eigenvalue weighted by Gasteiger charge is -2.29. The van der Waals surface area contributed by atoms with Crippen molar-refractivity contribution in [2.45, 2.75) is 65.0 Å². The molecule has 0 amide bonds. The van der Waals surface area contributed by atoms with E-state index in [1.165, 1.54) is 24.8 Å². The Morgan fingerprint density at radius 1 is 1.09 bits per heavy atom. The monoisotopic (exact) mass is 301 g/mol. The first-order chi connectivity index (χ1) is 10.6. The van der Waals surface area contributed by atoms with Crippen molar-refractivity contribution in [3.63, 3.8) is 0 Å². The van der Waals surface area contributed by atoms with Gasteiger partial charge in [0.2, 0.25) is 0 Å². The van der Waals surface area contributed by atoms with Gasteiger partial charge in [0.25, 0.3) is 0 Å². The molecular formula is C19H31N3. The van der Waals surface area contributed by atoms with Crippen LogP contribution in [0.4, 0.5) is 0 Å². The quantitative estimate of drug-likeness (QED) is 0.716. The van der Waals surface area contributed by atoms with Gasteiger partial charge in [-0.3, -0.25) is 0 Å². The van der Waals surface area contributed by atoms with E-state index in [0.29, 0.717) is 11.6 Å². The van der Waals surface area contributed by atoms with Crippen molar-refractivity contribution in [1.29, 1.82) is 5.26 Å². The first-order valence-electron chi connectivity index (χ1n) is 8.59. The van der Waals surface area contributed by atoms with E-state index in [4.69, 9.17) is 11.0 Å². The summed E-state index contributed by atoms with van der Waals surface area (Å²) in [7, 11) is 0. The summed E-state index contributed by atoms with van der Waals surface area (Å²) < 4.78 is 0. The molecule has 122 valence electrons. The maximum absolute atomic E-state index is 8.82. The summed E-state index contributed by atoms with van der Waals surface area (Å²) >= 11 is 0. The molecule has 1 aromatic rings. The topological polar surface area (TPSA) is 53.0 Å². The zero-order chi connectivity index (χ0) is 16.4. The average molecular weight is 301 g/mol. The molecule has 3 nitrogen and oxygen atoms in total. The lowest BCUT2D eigenvalue weighted by molar-refractivity contribution is 0.192. The second-order valence-corrected chi connectivity index (χ2v) is 6.24. The predicted molar refractivity (Wildman–Crippen MR) is 93.7 cm³/mol. The third-order valence-corrected chi connectivity index (χ3v) is 4.21. The minimum absolute atomic E-state index is 0.182. The molecule has 0 bridgehead atoms. The lowest BCUT2D eigenvalue weighted by Crippen LogP contribution is -2.37. The van der Waals surface area contributed by atoms with Crippen LogP contribution in [0.15, 0.2) is 24.3 Å². The second-order valence-electron chi connectivity index (χ2n) is 6.24. The van der Waals surface area contributed by atoms with Crippen LogP contribution < -0.4 is 5.73 Å². The Morgan fingerprint density at radius 3 is 2.32 bits per heavy atom. The molecular weight excluding hydrogens is 270 g/mol. The maximum Gasteiger partial charge on any atom is 0.0991 e. The smallest absolute Gasteiger partial charge is 0.0991 e. The maximum atomic E-state index is 8.82. The molecule has 2 atom stereocenters. The summed E-state index contributed by atoms with van der Waals surface area (Å²) in [6.07, 6.45) is 5.59. The van der Waals surface area contributed by atoms with Crippen LogP contribution in [0.3, 0.4) is 0 Å². The van der Waals surface area contributed by atoms with Crippen LogP contribution in [0, 0.1) is 11.3 Å². The van der Waals surface area contributed by atoms with Crippen molar-refractivity contribution in [3.05, 3.63) is 35.4 Å². The van der Waals surface area contributed by atoms with Crippen molar-refractivity contribution in [2.75, 3.05) is 13.1 Å². The van der Waals surface area contributed by atoms with Gasteiger partial charge in [0.1, 0.15) is 0 Å². The normalized spacial score (nSPS) is 13.8. The van der Waals surface area contributed by atoms with Crippen molar-refractivity contribution < 1.29 is 0 Å².